The number of likely N-dealkylation sites (N-methyl/N-ethyl adjacent to an activating group) is 1. The molecule has 0 aromatic heterocycles. The normalized spacial score (nSPS) is 12.5. The van der Waals surface area contributed by atoms with Gasteiger partial charge in [0.25, 0.3) is 0 Å². The second-order valence-electron chi connectivity index (χ2n) is 5.13. The largest absolute Gasteiger partial charge is 0.462 e. The van der Waals surface area contributed by atoms with Crippen LogP contribution in [0.1, 0.15) is 33.6 Å². The van der Waals surface area contributed by atoms with E-state index in [-0.39, 0.29) is 11.9 Å². The summed E-state index contributed by atoms with van der Waals surface area (Å²) in [5, 5.41) is 0. The molecule has 0 N–H and O–H groups in total. The molecule has 0 aliphatic rings. The summed E-state index contributed by atoms with van der Waals surface area (Å²) in [6, 6.07) is 0. The lowest BCUT2D eigenvalue weighted by Crippen LogP contribution is -2.20. The van der Waals surface area contributed by atoms with Gasteiger partial charge in [-0.25, -0.2) is 9.59 Å². The maximum atomic E-state index is 11.7. The first kappa shape index (κ1) is 19.4. The second-order valence-corrected chi connectivity index (χ2v) is 5.13. The monoisotopic (exact) mass is 297 g/mol. The lowest BCUT2D eigenvalue weighted by Gasteiger charge is -2.09. The summed E-state index contributed by atoms with van der Waals surface area (Å²) in [6.07, 6.45) is 4.99. The highest BCUT2D eigenvalue weighted by Crippen LogP contribution is 2.03. The molecule has 5 heteroatoms. The molecule has 0 aliphatic carbocycles. The van der Waals surface area contributed by atoms with Crippen LogP contribution < -0.4 is 0 Å². The van der Waals surface area contributed by atoms with Gasteiger partial charge in [0.2, 0.25) is 0 Å². The Morgan fingerprint density at radius 2 is 1.43 bits per heavy atom. The number of esters is 2. The van der Waals surface area contributed by atoms with E-state index < -0.39 is 0 Å². The molecule has 0 fully saturated rings. The molecule has 0 spiro atoms. The first-order chi connectivity index (χ1) is 9.88. The van der Waals surface area contributed by atoms with E-state index in [2.05, 4.69) is 0 Å². The van der Waals surface area contributed by atoms with Crippen LogP contribution in [0.15, 0.2) is 23.3 Å². The zero-order valence-corrected chi connectivity index (χ0v) is 13.8. The van der Waals surface area contributed by atoms with Gasteiger partial charge in [0.05, 0.1) is 6.61 Å². The van der Waals surface area contributed by atoms with Gasteiger partial charge in [0, 0.05) is 17.7 Å². The molecule has 0 rings (SSSR count). The van der Waals surface area contributed by atoms with Crippen LogP contribution in [0.5, 0.6) is 0 Å². The molecule has 0 heterocycles. The molecule has 5 nitrogen and oxygen atoms in total. The van der Waals surface area contributed by atoms with Crippen LogP contribution in [0, 0.1) is 0 Å². The minimum atomic E-state index is -0.375. The summed E-state index contributed by atoms with van der Waals surface area (Å²) >= 11 is 0. The van der Waals surface area contributed by atoms with Crippen molar-refractivity contribution < 1.29 is 19.1 Å². The molecular formula is C16H27NO4. The summed E-state index contributed by atoms with van der Waals surface area (Å²) in [5.41, 5.74) is 0.918. The first-order valence-corrected chi connectivity index (χ1v) is 7.22. The number of allylic oxidation sites excluding steroid dienone is 2. The van der Waals surface area contributed by atoms with Gasteiger partial charge in [-0.3, -0.25) is 0 Å². The standard InChI is InChI=1S/C16H27NO4/c1-6-7-11-20-15(18)13(2)8-9-14(3)16(19)21-12-10-17(4)5/h8-9H,6-7,10-12H2,1-5H3/b13-8+,14-9+. The molecule has 0 aromatic rings. The zero-order chi connectivity index (χ0) is 16.3. The Morgan fingerprint density at radius 3 is 1.86 bits per heavy atom. The van der Waals surface area contributed by atoms with Gasteiger partial charge in [-0.2, -0.15) is 0 Å². The number of rotatable bonds is 9. The minimum Gasteiger partial charge on any atom is -0.462 e. The van der Waals surface area contributed by atoms with Gasteiger partial charge in [-0.1, -0.05) is 25.5 Å². The Hall–Kier alpha value is -1.62. The van der Waals surface area contributed by atoms with E-state index in [9.17, 15) is 9.59 Å². The van der Waals surface area contributed by atoms with Crippen molar-refractivity contribution in [3.05, 3.63) is 23.3 Å². The van der Waals surface area contributed by atoms with Gasteiger partial charge in [-0.05, 0) is 34.4 Å². The Bertz CT molecular complexity index is 397. The summed E-state index contributed by atoms with van der Waals surface area (Å²) in [6.45, 7) is 6.80. The van der Waals surface area contributed by atoms with E-state index in [1.807, 2.05) is 25.9 Å². The molecule has 120 valence electrons. The Kier molecular flexibility index (Phi) is 10.2. The summed E-state index contributed by atoms with van der Waals surface area (Å²) in [7, 11) is 3.82. The number of ether oxygens (including phenoxy) is 2. The molecule has 0 bridgehead atoms. The van der Waals surface area contributed by atoms with Gasteiger partial charge < -0.3 is 14.4 Å². The third-order valence-corrected chi connectivity index (χ3v) is 2.73. The number of carbonyl (C=O) groups is 2. The van der Waals surface area contributed by atoms with Crippen LogP contribution in [0.25, 0.3) is 0 Å². The van der Waals surface area contributed by atoms with Gasteiger partial charge >= 0.3 is 11.9 Å². The molecule has 0 saturated heterocycles. The number of hydrogen-bond donors (Lipinski definition) is 0. The Labute approximate surface area is 127 Å². The molecule has 0 aliphatic heterocycles. The molecule has 0 aromatic carbocycles. The van der Waals surface area contributed by atoms with Crippen molar-refractivity contribution in [1.29, 1.82) is 0 Å². The van der Waals surface area contributed by atoms with Crippen LogP contribution in [0.2, 0.25) is 0 Å². The number of unbranched alkanes of at least 4 members (excludes halogenated alkanes) is 1. The summed E-state index contributed by atoms with van der Waals surface area (Å²) in [5.74, 6) is -0.728. The number of hydrogen-bond acceptors (Lipinski definition) is 5. The fourth-order valence-corrected chi connectivity index (χ4v) is 1.24. The van der Waals surface area contributed by atoms with E-state index in [1.54, 1.807) is 26.0 Å². The molecule has 21 heavy (non-hydrogen) atoms. The van der Waals surface area contributed by atoms with Gasteiger partial charge in [-0.15, -0.1) is 0 Å². The van der Waals surface area contributed by atoms with Gasteiger partial charge in [0.15, 0.2) is 0 Å². The fraction of sp³-hybridized carbons (Fsp3) is 0.625. The molecule has 0 saturated carbocycles. The lowest BCUT2D eigenvalue weighted by atomic mass is 10.2. The third-order valence-electron chi connectivity index (χ3n) is 2.73. The molecule has 0 atom stereocenters. The van der Waals surface area contributed by atoms with Crippen molar-refractivity contribution in [3.8, 4) is 0 Å². The minimum absolute atomic E-state index is 0.346. The van der Waals surface area contributed by atoms with E-state index >= 15 is 0 Å². The number of carbonyl (C=O) groups excluding carboxylic acids is 2. The highest BCUT2D eigenvalue weighted by molar-refractivity contribution is 5.90. The highest BCUT2D eigenvalue weighted by Gasteiger charge is 2.07. The van der Waals surface area contributed by atoms with E-state index in [0.717, 1.165) is 12.8 Å². The highest BCUT2D eigenvalue weighted by atomic mass is 16.5. The molecule has 0 radical (unpaired) electrons. The maximum absolute atomic E-state index is 11.7. The summed E-state index contributed by atoms with van der Waals surface area (Å²) in [4.78, 5) is 25.2. The predicted molar refractivity (Wildman–Crippen MR) is 82.9 cm³/mol. The predicted octanol–water partition coefficient (Wildman–Crippen LogP) is 2.33. The van der Waals surface area contributed by atoms with Crippen molar-refractivity contribution in [1.82, 2.24) is 4.90 Å². The zero-order valence-electron chi connectivity index (χ0n) is 13.8. The van der Waals surface area contributed by atoms with Crippen molar-refractivity contribution in [2.75, 3.05) is 33.9 Å². The van der Waals surface area contributed by atoms with Crippen LogP contribution in [0.4, 0.5) is 0 Å². The molecular weight excluding hydrogens is 270 g/mol. The molecule has 0 amide bonds. The Morgan fingerprint density at radius 1 is 0.952 bits per heavy atom. The third kappa shape index (κ3) is 9.85. The van der Waals surface area contributed by atoms with E-state index in [1.165, 1.54) is 0 Å². The van der Waals surface area contributed by atoms with Crippen molar-refractivity contribution >= 4 is 11.9 Å². The maximum Gasteiger partial charge on any atom is 0.333 e. The van der Waals surface area contributed by atoms with Crippen LogP contribution in [-0.4, -0.2) is 50.7 Å². The first-order valence-electron chi connectivity index (χ1n) is 7.22. The quantitative estimate of drug-likeness (QED) is 0.283. The SMILES string of the molecule is CCCCOC(=O)/C(C)=C/C=C(\C)C(=O)OCCN(C)C. The van der Waals surface area contributed by atoms with E-state index in [4.69, 9.17) is 9.47 Å². The smallest absolute Gasteiger partial charge is 0.333 e. The molecule has 0 unspecified atom stereocenters. The number of nitrogens with zero attached hydrogens (tertiary/aromatic N) is 1. The van der Waals surface area contributed by atoms with Crippen LogP contribution in [-0.2, 0) is 19.1 Å². The van der Waals surface area contributed by atoms with Crippen LogP contribution in [0.3, 0.4) is 0 Å². The Balaban J connectivity index is 4.31. The average Bonchev–Trinajstić information content (AvgIpc) is 2.43. The topological polar surface area (TPSA) is 55.8 Å². The average molecular weight is 297 g/mol. The fourth-order valence-electron chi connectivity index (χ4n) is 1.24. The van der Waals surface area contributed by atoms with E-state index in [0.29, 0.717) is 30.9 Å². The van der Waals surface area contributed by atoms with Crippen molar-refractivity contribution in [2.45, 2.75) is 33.6 Å². The van der Waals surface area contributed by atoms with Crippen molar-refractivity contribution in [2.24, 2.45) is 0 Å². The van der Waals surface area contributed by atoms with Crippen LogP contribution >= 0.6 is 0 Å². The van der Waals surface area contributed by atoms with Crippen molar-refractivity contribution in [3.63, 3.8) is 0 Å². The summed E-state index contributed by atoms with van der Waals surface area (Å²) < 4.78 is 10.2. The van der Waals surface area contributed by atoms with Gasteiger partial charge in [0.1, 0.15) is 6.61 Å². The lowest BCUT2D eigenvalue weighted by molar-refractivity contribution is -0.140. The second kappa shape index (κ2) is 11.1.